The van der Waals surface area contributed by atoms with Gasteiger partial charge in [0.05, 0.1) is 5.69 Å². The molecule has 1 aromatic heterocycles. The number of rotatable bonds is 3. The minimum atomic E-state index is 0.0629. The van der Waals surface area contributed by atoms with Gasteiger partial charge in [0.1, 0.15) is 0 Å². The zero-order valence-electron chi connectivity index (χ0n) is 14.9. The molecule has 2 atom stereocenters. The predicted molar refractivity (Wildman–Crippen MR) is 96.6 cm³/mol. The van der Waals surface area contributed by atoms with Crippen LogP contribution in [0.4, 0.5) is 5.82 Å². The highest BCUT2D eigenvalue weighted by Gasteiger charge is 2.25. The molecule has 1 fully saturated rings. The molecule has 128 valence electrons. The van der Waals surface area contributed by atoms with Gasteiger partial charge < -0.3 is 10.6 Å². The first-order chi connectivity index (χ1) is 11.4. The zero-order valence-corrected chi connectivity index (χ0v) is 14.9. The molecular formula is C19H26N4O. The fourth-order valence-corrected chi connectivity index (χ4v) is 3.47. The summed E-state index contributed by atoms with van der Waals surface area (Å²) in [6, 6.07) is 8.67. The van der Waals surface area contributed by atoms with Crippen LogP contribution >= 0.6 is 0 Å². The van der Waals surface area contributed by atoms with Gasteiger partial charge in [-0.25, -0.2) is 4.68 Å². The third kappa shape index (κ3) is 3.67. The lowest BCUT2D eigenvalue weighted by atomic mass is 9.92. The number of aromatic nitrogens is 2. The highest BCUT2D eigenvalue weighted by Crippen LogP contribution is 2.21. The third-order valence-electron chi connectivity index (χ3n) is 4.58. The van der Waals surface area contributed by atoms with Crippen molar-refractivity contribution in [2.75, 3.05) is 11.9 Å². The summed E-state index contributed by atoms with van der Waals surface area (Å²) in [5.74, 6) is 0.768. The van der Waals surface area contributed by atoms with Crippen LogP contribution in [0.1, 0.15) is 36.6 Å². The predicted octanol–water partition coefficient (Wildman–Crippen LogP) is 3.12. The maximum absolute atomic E-state index is 12.5. The van der Waals surface area contributed by atoms with E-state index in [0.29, 0.717) is 11.9 Å². The van der Waals surface area contributed by atoms with Crippen LogP contribution in [0.5, 0.6) is 0 Å². The number of anilines is 1. The Kier molecular flexibility index (Phi) is 4.71. The van der Waals surface area contributed by atoms with Crippen molar-refractivity contribution in [2.45, 2.75) is 46.6 Å². The summed E-state index contributed by atoms with van der Waals surface area (Å²) in [5.41, 5.74) is 4.44. The zero-order chi connectivity index (χ0) is 17.3. The summed E-state index contributed by atoms with van der Waals surface area (Å²) < 4.78 is 1.89. The molecular weight excluding hydrogens is 300 g/mol. The number of carbonyl (C=O) groups excluding carboxylic acids is 1. The Labute approximate surface area is 143 Å². The Morgan fingerprint density at radius 2 is 1.92 bits per heavy atom. The van der Waals surface area contributed by atoms with Crippen molar-refractivity contribution in [1.82, 2.24) is 15.1 Å². The summed E-state index contributed by atoms with van der Waals surface area (Å²) in [6.45, 7) is 9.19. The molecule has 1 saturated heterocycles. The average Bonchev–Trinajstić information content (AvgIpc) is 2.87. The van der Waals surface area contributed by atoms with Gasteiger partial charge in [-0.3, -0.25) is 4.79 Å². The number of aryl methyl sites for hydroxylation is 3. The minimum absolute atomic E-state index is 0.0629. The molecule has 3 rings (SSSR count). The van der Waals surface area contributed by atoms with Gasteiger partial charge in [-0.1, -0.05) is 6.07 Å². The van der Waals surface area contributed by atoms with Gasteiger partial charge in [0, 0.05) is 23.7 Å². The van der Waals surface area contributed by atoms with Gasteiger partial charge in [-0.2, -0.15) is 0 Å². The summed E-state index contributed by atoms with van der Waals surface area (Å²) in [5, 5.41) is 11.0. The molecule has 1 aromatic carbocycles. The van der Waals surface area contributed by atoms with Gasteiger partial charge in [-0.05, 0) is 70.3 Å². The number of hydrogen-bond donors (Lipinski definition) is 2. The van der Waals surface area contributed by atoms with Crippen molar-refractivity contribution in [3.63, 3.8) is 0 Å². The summed E-state index contributed by atoms with van der Waals surface area (Å²) in [6.07, 6.45) is 1.76. The highest BCUT2D eigenvalue weighted by atomic mass is 16.2. The molecule has 5 nitrogen and oxygen atoms in total. The van der Waals surface area contributed by atoms with E-state index in [1.807, 2.05) is 17.7 Å². The smallest absolute Gasteiger partial charge is 0.228 e. The van der Waals surface area contributed by atoms with E-state index in [0.717, 1.165) is 30.8 Å². The molecule has 0 aliphatic carbocycles. The Balaban J connectivity index is 1.77. The molecule has 0 unspecified atom stereocenters. The van der Waals surface area contributed by atoms with E-state index in [4.69, 9.17) is 0 Å². The quantitative estimate of drug-likeness (QED) is 0.911. The van der Waals surface area contributed by atoms with Crippen molar-refractivity contribution >= 4 is 11.7 Å². The van der Waals surface area contributed by atoms with E-state index in [9.17, 15) is 4.79 Å². The van der Waals surface area contributed by atoms with Crippen LogP contribution in [0, 0.1) is 26.7 Å². The molecule has 0 spiro atoms. The van der Waals surface area contributed by atoms with E-state index in [2.05, 4.69) is 54.7 Å². The Morgan fingerprint density at radius 3 is 2.58 bits per heavy atom. The number of amides is 1. The van der Waals surface area contributed by atoms with Crippen molar-refractivity contribution in [3.05, 3.63) is 41.1 Å². The Hall–Kier alpha value is -2.14. The van der Waals surface area contributed by atoms with E-state index in [1.165, 1.54) is 11.1 Å². The number of carbonyl (C=O) groups is 1. The van der Waals surface area contributed by atoms with Gasteiger partial charge in [0.2, 0.25) is 5.91 Å². The molecule has 1 aliphatic rings. The van der Waals surface area contributed by atoms with Crippen LogP contribution in [-0.2, 0) is 4.79 Å². The fourth-order valence-electron chi connectivity index (χ4n) is 3.47. The number of nitrogens with one attached hydrogen (secondary N) is 2. The van der Waals surface area contributed by atoms with Crippen LogP contribution in [-0.4, -0.2) is 28.3 Å². The first-order valence-electron chi connectivity index (χ1n) is 8.62. The van der Waals surface area contributed by atoms with E-state index in [1.54, 1.807) is 0 Å². The van der Waals surface area contributed by atoms with E-state index in [-0.39, 0.29) is 11.8 Å². The molecule has 0 radical (unpaired) electrons. The standard InChI is InChI=1S/C19H26N4O/c1-12-7-13(2)9-17(8-12)23-15(4)11-18(22-23)21-19(24)16-5-6-20-14(3)10-16/h7-9,11,14,16,20H,5-6,10H2,1-4H3,(H,21,22,24)/t14-,16-/m0/s1. The second-order valence-corrected chi connectivity index (χ2v) is 6.99. The maximum Gasteiger partial charge on any atom is 0.228 e. The SMILES string of the molecule is Cc1cc(C)cc(-n2nc(NC(=O)[C@H]3CCN[C@@H](C)C3)cc2C)c1. The largest absolute Gasteiger partial charge is 0.314 e. The molecule has 2 aromatic rings. The van der Waals surface area contributed by atoms with Crippen LogP contribution in [0.15, 0.2) is 24.3 Å². The molecule has 1 aliphatic heterocycles. The van der Waals surface area contributed by atoms with Gasteiger partial charge >= 0.3 is 0 Å². The van der Waals surface area contributed by atoms with Crippen LogP contribution in [0.2, 0.25) is 0 Å². The van der Waals surface area contributed by atoms with Crippen molar-refractivity contribution in [3.8, 4) is 5.69 Å². The van der Waals surface area contributed by atoms with Crippen LogP contribution in [0.3, 0.4) is 0 Å². The van der Waals surface area contributed by atoms with Gasteiger partial charge in [0.15, 0.2) is 5.82 Å². The van der Waals surface area contributed by atoms with Gasteiger partial charge in [-0.15, -0.1) is 5.10 Å². The molecule has 5 heteroatoms. The van der Waals surface area contributed by atoms with E-state index >= 15 is 0 Å². The van der Waals surface area contributed by atoms with Crippen molar-refractivity contribution in [1.29, 1.82) is 0 Å². The van der Waals surface area contributed by atoms with Crippen molar-refractivity contribution in [2.24, 2.45) is 5.92 Å². The van der Waals surface area contributed by atoms with Gasteiger partial charge in [0.25, 0.3) is 0 Å². The lowest BCUT2D eigenvalue weighted by Gasteiger charge is -2.26. The lowest BCUT2D eigenvalue weighted by Crippen LogP contribution is -2.40. The Bertz CT molecular complexity index is 730. The molecule has 1 amide bonds. The number of nitrogens with zero attached hydrogens (tertiary/aromatic N) is 2. The summed E-state index contributed by atoms with van der Waals surface area (Å²) in [4.78, 5) is 12.5. The van der Waals surface area contributed by atoms with Crippen molar-refractivity contribution < 1.29 is 4.79 Å². The second-order valence-electron chi connectivity index (χ2n) is 6.99. The number of hydrogen-bond acceptors (Lipinski definition) is 3. The molecule has 2 N–H and O–H groups in total. The fraction of sp³-hybridized carbons (Fsp3) is 0.474. The topological polar surface area (TPSA) is 59.0 Å². The summed E-state index contributed by atoms with van der Waals surface area (Å²) in [7, 11) is 0. The number of piperidine rings is 1. The normalized spacial score (nSPS) is 20.8. The molecule has 0 bridgehead atoms. The Morgan fingerprint density at radius 1 is 1.21 bits per heavy atom. The lowest BCUT2D eigenvalue weighted by molar-refractivity contribution is -0.120. The second kappa shape index (κ2) is 6.77. The third-order valence-corrected chi connectivity index (χ3v) is 4.58. The summed E-state index contributed by atoms with van der Waals surface area (Å²) >= 11 is 0. The number of benzene rings is 1. The first kappa shape index (κ1) is 16.7. The average molecular weight is 326 g/mol. The van der Waals surface area contributed by atoms with E-state index < -0.39 is 0 Å². The minimum Gasteiger partial charge on any atom is -0.314 e. The van der Waals surface area contributed by atoms with Crippen LogP contribution in [0.25, 0.3) is 5.69 Å². The first-order valence-corrected chi connectivity index (χ1v) is 8.62. The van der Waals surface area contributed by atoms with Crippen LogP contribution < -0.4 is 10.6 Å². The molecule has 24 heavy (non-hydrogen) atoms. The molecule has 2 heterocycles. The monoisotopic (exact) mass is 326 g/mol. The highest BCUT2D eigenvalue weighted by molar-refractivity contribution is 5.91. The maximum atomic E-state index is 12.5. The molecule has 0 saturated carbocycles.